The summed E-state index contributed by atoms with van der Waals surface area (Å²) in [6.45, 7) is 2.79. The number of likely N-dealkylation sites (tertiary alicyclic amines) is 1. The molecule has 4 nitrogen and oxygen atoms in total. The van der Waals surface area contributed by atoms with E-state index in [2.05, 4.69) is 0 Å². The monoisotopic (exact) mass is 285 g/mol. The highest BCUT2D eigenvalue weighted by Gasteiger charge is 2.36. The first kappa shape index (κ1) is 13.4. The molecule has 2 heterocycles. The van der Waals surface area contributed by atoms with E-state index in [9.17, 15) is 9.59 Å². The Morgan fingerprint density at radius 3 is 2.89 bits per heavy atom. The van der Waals surface area contributed by atoms with Gasteiger partial charge in [-0.3, -0.25) is 9.59 Å². The van der Waals surface area contributed by atoms with Crippen molar-refractivity contribution >= 4 is 35.0 Å². The second-order valence-corrected chi connectivity index (χ2v) is 6.66. The van der Waals surface area contributed by atoms with E-state index in [4.69, 9.17) is 5.11 Å². The SMILES string of the molecule is CC1CN(C(=O)CSc2cccs2)CC1C(=O)O. The zero-order valence-corrected chi connectivity index (χ0v) is 11.7. The van der Waals surface area contributed by atoms with Gasteiger partial charge in [0.25, 0.3) is 0 Å². The van der Waals surface area contributed by atoms with Crippen LogP contribution in [-0.4, -0.2) is 40.7 Å². The van der Waals surface area contributed by atoms with Crippen LogP contribution in [0.1, 0.15) is 6.92 Å². The van der Waals surface area contributed by atoms with E-state index < -0.39 is 11.9 Å². The molecule has 1 amide bonds. The van der Waals surface area contributed by atoms with Crippen LogP contribution >= 0.6 is 23.1 Å². The molecule has 0 saturated carbocycles. The highest BCUT2D eigenvalue weighted by atomic mass is 32.2. The number of nitrogens with zero attached hydrogens (tertiary/aromatic N) is 1. The molecule has 1 aliphatic heterocycles. The molecule has 18 heavy (non-hydrogen) atoms. The summed E-state index contributed by atoms with van der Waals surface area (Å²) in [6.07, 6.45) is 0. The number of amides is 1. The van der Waals surface area contributed by atoms with E-state index >= 15 is 0 Å². The molecule has 0 bridgehead atoms. The molecule has 1 fully saturated rings. The first-order chi connectivity index (χ1) is 8.58. The van der Waals surface area contributed by atoms with Crippen molar-refractivity contribution in [2.24, 2.45) is 11.8 Å². The number of carbonyl (C=O) groups excluding carboxylic acids is 1. The molecule has 1 aliphatic rings. The van der Waals surface area contributed by atoms with E-state index in [1.807, 2.05) is 24.4 Å². The molecular formula is C12H15NO3S2. The summed E-state index contributed by atoms with van der Waals surface area (Å²) in [6, 6.07) is 3.94. The highest BCUT2D eigenvalue weighted by molar-refractivity contribution is 8.01. The maximum absolute atomic E-state index is 12.0. The van der Waals surface area contributed by atoms with Gasteiger partial charge in [-0.1, -0.05) is 13.0 Å². The molecule has 0 spiro atoms. The van der Waals surface area contributed by atoms with Crippen LogP contribution in [0.3, 0.4) is 0 Å². The summed E-state index contributed by atoms with van der Waals surface area (Å²) in [5, 5.41) is 11.0. The minimum Gasteiger partial charge on any atom is -0.481 e. The normalized spacial score (nSPS) is 23.3. The van der Waals surface area contributed by atoms with E-state index in [0.29, 0.717) is 18.8 Å². The number of carboxylic acid groups (broad SMARTS) is 1. The lowest BCUT2D eigenvalue weighted by Gasteiger charge is -2.15. The van der Waals surface area contributed by atoms with Crippen LogP contribution in [0.5, 0.6) is 0 Å². The smallest absolute Gasteiger partial charge is 0.308 e. The lowest BCUT2D eigenvalue weighted by Crippen LogP contribution is -2.31. The standard InChI is InChI=1S/C12H15NO3S2/c1-8-5-13(6-9(8)12(15)16)10(14)7-18-11-3-2-4-17-11/h2-4,8-9H,5-7H2,1H3,(H,15,16). The third kappa shape index (κ3) is 3.05. The number of thioether (sulfide) groups is 1. The van der Waals surface area contributed by atoms with E-state index in [1.54, 1.807) is 16.2 Å². The van der Waals surface area contributed by atoms with Gasteiger partial charge >= 0.3 is 5.97 Å². The van der Waals surface area contributed by atoms with Gasteiger partial charge in [-0.2, -0.15) is 0 Å². The molecule has 2 unspecified atom stereocenters. The van der Waals surface area contributed by atoms with Crippen molar-refractivity contribution in [3.05, 3.63) is 17.5 Å². The van der Waals surface area contributed by atoms with Crippen molar-refractivity contribution in [3.8, 4) is 0 Å². The lowest BCUT2D eigenvalue weighted by atomic mass is 9.99. The van der Waals surface area contributed by atoms with Gasteiger partial charge in [-0.05, 0) is 17.4 Å². The van der Waals surface area contributed by atoms with Crippen molar-refractivity contribution < 1.29 is 14.7 Å². The van der Waals surface area contributed by atoms with Crippen LogP contribution in [-0.2, 0) is 9.59 Å². The van der Waals surface area contributed by atoms with E-state index in [-0.39, 0.29) is 11.8 Å². The minimum atomic E-state index is -0.802. The third-order valence-corrected chi connectivity index (χ3v) is 5.23. The second kappa shape index (κ2) is 5.75. The van der Waals surface area contributed by atoms with Crippen LogP contribution in [0.25, 0.3) is 0 Å². The average molecular weight is 285 g/mol. The van der Waals surface area contributed by atoms with E-state index in [1.165, 1.54) is 11.8 Å². The molecule has 2 rings (SSSR count). The van der Waals surface area contributed by atoms with Gasteiger partial charge in [0.15, 0.2) is 0 Å². The fourth-order valence-electron chi connectivity index (χ4n) is 2.06. The number of carbonyl (C=O) groups is 2. The molecule has 0 aliphatic carbocycles. The second-order valence-electron chi connectivity index (χ2n) is 4.44. The maximum atomic E-state index is 12.0. The maximum Gasteiger partial charge on any atom is 0.308 e. The number of aliphatic carboxylic acids is 1. The van der Waals surface area contributed by atoms with Crippen LogP contribution in [0.4, 0.5) is 0 Å². The fraction of sp³-hybridized carbons (Fsp3) is 0.500. The number of thiophene rings is 1. The quantitative estimate of drug-likeness (QED) is 0.860. The molecule has 1 N–H and O–H groups in total. The third-order valence-electron chi connectivity index (χ3n) is 3.12. The van der Waals surface area contributed by atoms with Gasteiger partial charge in [0.05, 0.1) is 15.9 Å². The Kier molecular flexibility index (Phi) is 4.29. The Balaban J connectivity index is 1.85. The molecule has 0 aromatic carbocycles. The summed E-state index contributed by atoms with van der Waals surface area (Å²) in [7, 11) is 0. The molecule has 0 radical (unpaired) electrons. The predicted octanol–water partition coefficient (Wildman–Crippen LogP) is 2.02. The Hall–Kier alpha value is -1.01. The van der Waals surface area contributed by atoms with Crippen LogP contribution < -0.4 is 0 Å². The van der Waals surface area contributed by atoms with Gasteiger partial charge in [0.1, 0.15) is 0 Å². The minimum absolute atomic E-state index is 0.0315. The van der Waals surface area contributed by atoms with Gasteiger partial charge in [0.2, 0.25) is 5.91 Å². The Morgan fingerprint density at radius 2 is 2.33 bits per heavy atom. The Morgan fingerprint density at radius 1 is 1.56 bits per heavy atom. The number of hydrogen-bond donors (Lipinski definition) is 1. The molecule has 1 saturated heterocycles. The molecule has 6 heteroatoms. The average Bonchev–Trinajstić information content (AvgIpc) is 2.94. The summed E-state index contributed by atoms with van der Waals surface area (Å²) in [4.78, 5) is 24.6. The molecule has 1 aromatic heterocycles. The summed E-state index contributed by atoms with van der Waals surface area (Å²) < 4.78 is 1.12. The van der Waals surface area contributed by atoms with Gasteiger partial charge in [-0.25, -0.2) is 0 Å². The first-order valence-electron chi connectivity index (χ1n) is 5.75. The van der Waals surface area contributed by atoms with Crippen molar-refractivity contribution in [1.29, 1.82) is 0 Å². The van der Waals surface area contributed by atoms with Crippen molar-refractivity contribution in [2.45, 2.75) is 11.1 Å². The number of carboxylic acids is 1. The van der Waals surface area contributed by atoms with Crippen LogP contribution in [0.2, 0.25) is 0 Å². The van der Waals surface area contributed by atoms with E-state index in [0.717, 1.165) is 4.21 Å². The molecular weight excluding hydrogens is 270 g/mol. The zero-order chi connectivity index (χ0) is 13.1. The highest BCUT2D eigenvalue weighted by Crippen LogP contribution is 2.27. The zero-order valence-electron chi connectivity index (χ0n) is 10.0. The Labute approximate surface area is 114 Å². The first-order valence-corrected chi connectivity index (χ1v) is 7.61. The lowest BCUT2D eigenvalue weighted by molar-refractivity contribution is -0.142. The predicted molar refractivity (Wildman–Crippen MR) is 71.9 cm³/mol. The molecule has 1 aromatic rings. The molecule has 2 atom stereocenters. The molecule has 98 valence electrons. The van der Waals surface area contributed by atoms with Crippen LogP contribution in [0.15, 0.2) is 21.7 Å². The summed E-state index contributed by atoms with van der Waals surface area (Å²) in [5.41, 5.74) is 0. The van der Waals surface area contributed by atoms with Crippen LogP contribution in [0, 0.1) is 11.8 Å². The number of hydrogen-bond acceptors (Lipinski definition) is 4. The Bertz CT molecular complexity index is 433. The van der Waals surface area contributed by atoms with Gasteiger partial charge in [0, 0.05) is 13.1 Å². The summed E-state index contributed by atoms with van der Waals surface area (Å²) >= 11 is 3.12. The largest absolute Gasteiger partial charge is 0.481 e. The van der Waals surface area contributed by atoms with Gasteiger partial charge in [-0.15, -0.1) is 23.1 Å². The summed E-state index contributed by atoms with van der Waals surface area (Å²) in [5.74, 6) is -0.758. The topological polar surface area (TPSA) is 57.6 Å². The van der Waals surface area contributed by atoms with Crippen molar-refractivity contribution in [3.63, 3.8) is 0 Å². The van der Waals surface area contributed by atoms with Crippen molar-refractivity contribution in [1.82, 2.24) is 4.90 Å². The van der Waals surface area contributed by atoms with Gasteiger partial charge < -0.3 is 10.0 Å². The van der Waals surface area contributed by atoms with Crippen molar-refractivity contribution in [2.75, 3.05) is 18.8 Å². The number of rotatable bonds is 4. The fourth-order valence-corrected chi connectivity index (χ4v) is 3.75.